The number of rotatable bonds is 9. The predicted molar refractivity (Wildman–Crippen MR) is 108 cm³/mol. The van der Waals surface area contributed by atoms with Gasteiger partial charge < -0.3 is 15.4 Å². The van der Waals surface area contributed by atoms with Gasteiger partial charge in [-0.2, -0.15) is 0 Å². The molecule has 23 heavy (non-hydrogen) atoms. The SMILES string of the molecule is CCNC(=NCC1(c2ccccc2)CC1)NCCCOCC.I. The summed E-state index contributed by atoms with van der Waals surface area (Å²) in [5.41, 5.74) is 1.69. The Morgan fingerprint density at radius 3 is 2.52 bits per heavy atom. The highest BCUT2D eigenvalue weighted by atomic mass is 127. The van der Waals surface area contributed by atoms with E-state index in [9.17, 15) is 0 Å². The normalized spacial score (nSPS) is 15.7. The fourth-order valence-corrected chi connectivity index (χ4v) is 2.58. The van der Waals surface area contributed by atoms with E-state index < -0.39 is 0 Å². The second kappa shape index (κ2) is 10.9. The van der Waals surface area contributed by atoms with Crippen LogP contribution in [0, 0.1) is 0 Å². The maximum atomic E-state index is 5.36. The molecule has 2 N–H and O–H groups in total. The van der Waals surface area contributed by atoms with Gasteiger partial charge in [0.1, 0.15) is 0 Å². The number of aliphatic imine (C=N–C) groups is 1. The molecule has 1 aromatic carbocycles. The molecule has 0 aromatic heterocycles. The molecular formula is C18H30IN3O. The first kappa shape index (κ1) is 20.2. The number of hydrogen-bond donors (Lipinski definition) is 2. The lowest BCUT2D eigenvalue weighted by molar-refractivity contribution is 0.145. The fraction of sp³-hybridized carbons (Fsp3) is 0.611. The Hall–Kier alpha value is -0.820. The minimum absolute atomic E-state index is 0. The van der Waals surface area contributed by atoms with Gasteiger partial charge >= 0.3 is 0 Å². The molecule has 1 aliphatic rings. The van der Waals surface area contributed by atoms with Crippen molar-refractivity contribution in [2.45, 2.75) is 38.5 Å². The fourth-order valence-electron chi connectivity index (χ4n) is 2.58. The maximum absolute atomic E-state index is 5.36. The molecule has 0 saturated heterocycles. The Labute approximate surface area is 157 Å². The van der Waals surface area contributed by atoms with Gasteiger partial charge in [0.05, 0.1) is 6.54 Å². The number of benzene rings is 1. The molecule has 0 heterocycles. The van der Waals surface area contributed by atoms with Crippen LogP contribution in [0.15, 0.2) is 35.3 Å². The predicted octanol–water partition coefficient (Wildman–Crippen LogP) is 3.32. The van der Waals surface area contributed by atoms with E-state index in [4.69, 9.17) is 9.73 Å². The molecule has 1 aromatic rings. The third-order valence-corrected chi connectivity index (χ3v) is 4.09. The largest absolute Gasteiger partial charge is 0.382 e. The zero-order chi connectivity index (χ0) is 15.7. The van der Waals surface area contributed by atoms with Crippen LogP contribution < -0.4 is 10.6 Å². The van der Waals surface area contributed by atoms with E-state index in [1.54, 1.807) is 0 Å². The molecule has 0 atom stereocenters. The van der Waals surface area contributed by atoms with Gasteiger partial charge in [0, 0.05) is 31.7 Å². The smallest absolute Gasteiger partial charge is 0.191 e. The van der Waals surface area contributed by atoms with Crippen LogP contribution in [-0.4, -0.2) is 38.8 Å². The molecule has 1 saturated carbocycles. The highest BCUT2D eigenvalue weighted by Gasteiger charge is 2.43. The lowest BCUT2D eigenvalue weighted by Crippen LogP contribution is -2.38. The number of halogens is 1. The molecule has 0 radical (unpaired) electrons. The van der Waals surface area contributed by atoms with E-state index in [-0.39, 0.29) is 29.4 Å². The molecule has 0 amide bonds. The molecule has 2 rings (SSSR count). The summed E-state index contributed by atoms with van der Waals surface area (Å²) >= 11 is 0. The summed E-state index contributed by atoms with van der Waals surface area (Å²) in [6.07, 6.45) is 3.48. The van der Waals surface area contributed by atoms with Gasteiger partial charge in [0.2, 0.25) is 0 Å². The minimum atomic E-state index is 0. The van der Waals surface area contributed by atoms with Crippen molar-refractivity contribution in [3.8, 4) is 0 Å². The first-order valence-corrected chi connectivity index (χ1v) is 8.46. The molecule has 0 aliphatic heterocycles. The Balaban J connectivity index is 0.00000264. The van der Waals surface area contributed by atoms with Crippen molar-refractivity contribution in [3.63, 3.8) is 0 Å². The summed E-state index contributed by atoms with van der Waals surface area (Å²) in [6.45, 7) is 8.35. The molecule has 1 fully saturated rings. The summed E-state index contributed by atoms with van der Waals surface area (Å²) in [5, 5.41) is 6.71. The molecule has 0 bridgehead atoms. The van der Waals surface area contributed by atoms with E-state index in [1.165, 1.54) is 18.4 Å². The first-order chi connectivity index (χ1) is 10.8. The van der Waals surface area contributed by atoms with Crippen LogP contribution in [0.3, 0.4) is 0 Å². The minimum Gasteiger partial charge on any atom is -0.382 e. The van der Waals surface area contributed by atoms with Gasteiger partial charge in [-0.25, -0.2) is 0 Å². The van der Waals surface area contributed by atoms with Crippen molar-refractivity contribution >= 4 is 29.9 Å². The van der Waals surface area contributed by atoms with E-state index in [0.29, 0.717) is 0 Å². The van der Waals surface area contributed by atoms with Crippen LogP contribution in [0.25, 0.3) is 0 Å². The van der Waals surface area contributed by atoms with E-state index >= 15 is 0 Å². The van der Waals surface area contributed by atoms with Crippen LogP contribution in [0.5, 0.6) is 0 Å². The lowest BCUT2D eigenvalue weighted by Gasteiger charge is -2.16. The number of hydrogen-bond acceptors (Lipinski definition) is 2. The van der Waals surface area contributed by atoms with E-state index in [2.05, 4.69) is 47.9 Å². The van der Waals surface area contributed by atoms with Crippen molar-refractivity contribution in [1.82, 2.24) is 10.6 Å². The van der Waals surface area contributed by atoms with Crippen LogP contribution in [0.2, 0.25) is 0 Å². The summed E-state index contributed by atoms with van der Waals surface area (Å²) < 4.78 is 5.36. The first-order valence-electron chi connectivity index (χ1n) is 8.46. The summed E-state index contributed by atoms with van der Waals surface area (Å²) in [6, 6.07) is 10.8. The topological polar surface area (TPSA) is 45.7 Å². The Morgan fingerprint density at radius 1 is 1.17 bits per heavy atom. The second-order valence-corrected chi connectivity index (χ2v) is 5.82. The third kappa shape index (κ3) is 6.67. The number of guanidine groups is 1. The van der Waals surface area contributed by atoms with Crippen LogP contribution >= 0.6 is 24.0 Å². The molecule has 130 valence electrons. The lowest BCUT2D eigenvalue weighted by atomic mass is 9.96. The van der Waals surface area contributed by atoms with Gasteiger partial charge in [0.15, 0.2) is 5.96 Å². The summed E-state index contributed by atoms with van der Waals surface area (Å²) in [4.78, 5) is 4.80. The van der Waals surface area contributed by atoms with Gasteiger partial charge in [-0.15, -0.1) is 24.0 Å². The van der Waals surface area contributed by atoms with Gasteiger partial charge in [0.25, 0.3) is 0 Å². The highest BCUT2D eigenvalue weighted by Crippen LogP contribution is 2.48. The molecule has 4 nitrogen and oxygen atoms in total. The zero-order valence-electron chi connectivity index (χ0n) is 14.3. The third-order valence-electron chi connectivity index (χ3n) is 4.09. The van der Waals surface area contributed by atoms with E-state index in [0.717, 1.165) is 45.2 Å². The van der Waals surface area contributed by atoms with Gasteiger partial charge in [-0.1, -0.05) is 30.3 Å². The van der Waals surface area contributed by atoms with Crippen LogP contribution in [0.4, 0.5) is 0 Å². The molecule has 0 spiro atoms. The van der Waals surface area contributed by atoms with Crippen molar-refractivity contribution < 1.29 is 4.74 Å². The second-order valence-electron chi connectivity index (χ2n) is 5.82. The zero-order valence-corrected chi connectivity index (χ0v) is 16.6. The molecular weight excluding hydrogens is 401 g/mol. The van der Waals surface area contributed by atoms with Crippen molar-refractivity contribution in [3.05, 3.63) is 35.9 Å². The maximum Gasteiger partial charge on any atom is 0.191 e. The molecule has 1 aliphatic carbocycles. The van der Waals surface area contributed by atoms with Crippen molar-refractivity contribution in [1.29, 1.82) is 0 Å². The van der Waals surface area contributed by atoms with E-state index in [1.807, 2.05) is 6.92 Å². The Kier molecular flexibility index (Phi) is 9.55. The van der Waals surface area contributed by atoms with Crippen LogP contribution in [-0.2, 0) is 10.2 Å². The monoisotopic (exact) mass is 431 g/mol. The summed E-state index contributed by atoms with van der Waals surface area (Å²) in [5.74, 6) is 0.918. The van der Waals surface area contributed by atoms with Crippen molar-refractivity contribution in [2.24, 2.45) is 4.99 Å². The van der Waals surface area contributed by atoms with Crippen molar-refractivity contribution in [2.75, 3.05) is 32.8 Å². The van der Waals surface area contributed by atoms with Crippen LogP contribution in [0.1, 0.15) is 38.7 Å². The number of nitrogens with zero attached hydrogens (tertiary/aromatic N) is 1. The average Bonchev–Trinajstić information content (AvgIpc) is 3.34. The standard InChI is InChI=1S/C18H29N3O.HI/c1-3-19-17(20-13-8-14-22-4-2)21-15-18(11-12-18)16-9-6-5-7-10-16;/h5-7,9-10H,3-4,8,11-15H2,1-2H3,(H2,19,20,21);1H. The number of nitrogens with one attached hydrogen (secondary N) is 2. The quantitative estimate of drug-likeness (QED) is 0.273. The average molecular weight is 431 g/mol. The molecule has 0 unspecified atom stereocenters. The van der Waals surface area contributed by atoms with Gasteiger partial charge in [-0.3, -0.25) is 4.99 Å². The highest BCUT2D eigenvalue weighted by molar-refractivity contribution is 14.0. The van der Waals surface area contributed by atoms with Gasteiger partial charge in [-0.05, 0) is 38.7 Å². The Morgan fingerprint density at radius 2 is 1.91 bits per heavy atom. The molecule has 5 heteroatoms. The Bertz CT molecular complexity index is 461. The number of ether oxygens (including phenoxy) is 1. The summed E-state index contributed by atoms with van der Waals surface area (Å²) in [7, 11) is 0.